The number of amides is 1. The van der Waals surface area contributed by atoms with Gasteiger partial charge in [-0.25, -0.2) is 14.6 Å². The third-order valence-corrected chi connectivity index (χ3v) is 5.75. The summed E-state index contributed by atoms with van der Waals surface area (Å²) in [5.74, 6) is 0.976. The summed E-state index contributed by atoms with van der Waals surface area (Å²) in [5, 5.41) is 8.66. The summed E-state index contributed by atoms with van der Waals surface area (Å²) in [4.78, 5) is 25.7. The molecule has 2 aliphatic rings. The van der Waals surface area contributed by atoms with E-state index in [2.05, 4.69) is 25.2 Å². The zero-order valence-corrected chi connectivity index (χ0v) is 16.9. The molecule has 0 saturated carbocycles. The number of fused-ring (bicyclic) bond motifs is 1. The number of ether oxygens (including phenoxy) is 1. The van der Waals surface area contributed by atoms with Crippen molar-refractivity contribution in [3.8, 4) is 0 Å². The van der Waals surface area contributed by atoms with Crippen LogP contribution in [0.5, 0.6) is 0 Å². The van der Waals surface area contributed by atoms with Gasteiger partial charge in [-0.2, -0.15) is 0 Å². The first-order chi connectivity index (χ1) is 14.8. The van der Waals surface area contributed by atoms with Crippen LogP contribution in [0.4, 0.5) is 5.82 Å². The zero-order valence-electron chi connectivity index (χ0n) is 16.9. The molecular formula is C21H25N7O2. The average molecular weight is 407 g/mol. The monoisotopic (exact) mass is 407 g/mol. The quantitative estimate of drug-likeness (QED) is 0.630. The molecule has 1 atom stereocenters. The molecule has 2 fully saturated rings. The van der Waals surface area contributed by atoms with Crippen LogP contribution in [0, 0.1) is 0 Å². The Bertz CT molecular complexity index is 1020. The number of hydrogen-bond donors (Lipinski definition) is 0. The van der Waals surface area contributed by atoms with E-state index < -0.39 is 0 Å². The maximum absolute atomic E-state index is 12.7. The van der Waals surface area contributed by atoms with Gasteiger partial charge in [-0.05, 0) is 18.4 Å². The van der Waals surface area contributed by atoms with Gasteiger partial charge in [0.15, 0.2) is 17.0 Å². The largest absolute Gasteiger partial charge is 0.373 e. The van der Waals surface area contributed by atoms with Gasteiger partial charge in [-0.3, -0.25) is 4.79 Å². The van der Waals surface area contributed by atoms with Gasteiger partial charge in [0.25, 0.3) is 0 Å². The zero-order chi connectivity index (χ0) is 20.3. The number of hydrogen-bond acceptors (Lipinski definition) is 7. The number of benzene rings is 1. The standard InChI is InChI=1S/C21H25N7O2/c29-18(12-16-6-2-1-3-7-16)27-10-11-30-17(13-27)14-28-21-19(24-25-28)20(22-15-23-21)26-8-4-5-9-26/h1-3,6-7,15,17H,4-5,8-14H2. The first-order valence-electron chi connectivity index (χ1n) is 10.5. The lowest BCUT2D eigenvalue weighted by Gasteiger charge is -2.33. The van der Waals surface area contributed by atoms with Crippen LogP contribution < -0.4 is 4.90 Å². The van der Waals surface area contributed by atoms with Crippen LogP contribution in [-0.2, 0) is 22.5 Å². The fourth-order valence-corrected chi connectivity index (χ4v) is 4.19. The lowest BCUT2D eigenvalue weighted by atomic mass is 10.1. The number of carbonyl (C=O) groups is 1. The Balaban J connectivity index is 1.28. The third-order valence-electron chi connectivity index (χ3n) is 5.75. The van der Waals surface area contributed by atoms with E-state index >= 15 is 0 Å². The highest BCUT2D eigenvalue weighted by Crippen LogP contribution is 2.24. The molecule has 156 valence electrons. The third kappa shape index (κ3) is 3.85. The number of rotatable bonds is 5. The van der Waals surface area contributed by atoms with Crippen molar-refractivity contribution in [2.45, 2.75) is 31.9 Å². The molecule has 0 radical (unpaired) electrons. The van der Waals surface area contributed by atoms with E-state index in [0.717, 1.165) is 30.0 Å². The molecule has 9 heteroatoms. The van der Waals surface area contributed by atoms with Crippen LogP contribution in [0.1, 0.15) is 18.4 Å². The second-order valence-corrected chi connectivity index (χ2v) is 7.83. The second-order valence-electron chi connectivity index (χ2n) is 7.83. The van der Waals surface area contributed by atoms with E-state index in [0.29, 0.717) is 38.3 Å². The molecule has 30 heavy (non-hydrogen) atoms. The lowest BCUT2D eigenvalue weighted by Crippen LogP contribution is -2.47. The summed E-state index contributed by atoms with van der Waals surface area (Å²) in [6, 6.07) is 9.83. The maximum Gasteiger partial charge on any atom is 0.227 e. The number of morpholine rings is 1. The van der Waals surface area contributed by atoms with Gasteiger partial charge in [-0.15, -0.1) is 5.10 Å². The van der Waals surface area contributed by atoms with Crippen molar-refractivity contribution in [2.75, 3.05) is 37.7 Å². The fraction of sp³-hybridized carbons (Fsp3) is 0.476. The van der Waals surface area contributed by atoms with E-state index in [1.165, 1.54) is 12.8 Å². The number of aromatic nitrogens is 5. The second kappa shape index (κ2) is 8.35. The van der Waals surface area contributed by atoms with Crippen LogP contribution in [0.3, 0.4) is 0 Å². The minimum absolute atomic E-state index is 0.122. The van der Waals surface area contributed by atoms with Crippen molar-refractivity contribution >= 4 is 22.9 Å². The van der Waals surface area contributed by atoms with Crippen molar-refractivity contribution in [1.82, 2.24) is 29.9 Å². The molecule has 3 aromatic rings. The predicted octanol–water partition coefficient (Wildman–Crippen LogP) is 1.29. The summed E-state index contributed by atoms with van der Waals surface area (Å²) in [7, 11) is 0. The van der Waals surface area contributed by atoms with Crippen molar-refractivity contribution in [3.05, 3.63) is 42.2 Å². The van der Waals surface area contributed by atoms with Gasteiger partial charge in [-0.1, -0.05) is 35.5 Å². The van der Waals surface area contributed by atoms with Gasteiger partial charge >= 0.3 is 0 Å². The molecule has 9 nitrogen and oxygen atoms in total. The van der Waals surface area contributed by atoms with Crippen LogP contribution >= 0.6 is 0 Å². The SMILES string of the molecule is O=C(Cc1ccccc1)N1CCOC(Cn2nnc3c(N4CCCC4)ncnc32)C1. The highest BCUT2D eigenvalue weighted by Gasteiger charge is 2.26. The molecule has 0 spiro atoms. The minimum atomic E-state index is -0.145. The Morgan fingerprint density at radius 2 is 1.93 bits per heavy atom. The lowest BCUT2D eigenvalue weighted by molar-refractivity contribution is -0.138. The van der Waals surface area contributed by atoms with E-state index in [4.69, 9.17) is 4.74 Å². The van der Waals surface area contributed by atoms with E-state index in [9.17, 15) is 4.79 Å². The molecule has 2 aliphatic heterocycles. The highest BCUT2D eigenvalue weighted by atomic mass is 16.5. The van der Waals surface area contributed by atoms with Crippen molar-refractivity contribution in [1.29, 1.82) is 0 Å². The number of nitrogens with zero attached hydrogens (tertiary/aromatic N) is 7. The fourth-order valence-electron chi connectivity index (χ4n) is 4.19. The van der Waals surface area contributed by atoms with Gasteiger partial charge in [0.05, 0.1) is 25.7 Å². The highest BCUT2D eigenvalue weighted by molar-refractivity contribution is 5.82. The van der Waals surface area contributed by atoms with Crippen LogP contribution in [0.25, 0.3) is 11.2 Å². The Morgan fingerprint density at radius 1 is 1.10 bits per heavy atom. The van der Waals surface area contributed by atoms with Gasteiger partial charge in [0.1, 0.15) is 6.33 Å². The minimum Gasteiger partial charge on any atom is -0.373 e. The van der Waals surface area contributed by atoms with Gasteiger partial charge < -0.3 is 14.5 Å². The van der Waals surface area contributed by atoms with Crippen LogP contribution in [0.15, 0.2) is 36.7 Å². The molecule has 1 aromatic carbocycles. The Labute approximate surface area is 174 Å². The van der Waals surface area contributed by atoms with Crippen LogP contribution in [0.2, 0.25) is 0 Å². The normalized spacial score (nSPS) is 19.5. The summed E-state index contributed by atoms with van der Waals surface area (Å²) in [5.41, 5.74) is 2.47. The van der Waals surface area contributed by atoms with Crippen molar-refractivity contribution in [2.24, 2.45) is 0 Å². The molecule has 1 unspecified atom stereocenters. The van der Waals surface area contributed by atoms with Crippen molar-refractivity contribution < 1.29 is 9.53 Å². The van der Waals surface area contributed by atoms with Crippen molar-refractivity contribution in [3.63, 3.8) is 0 Å². The Morgan fingerprint density at radius 3 is 2.77 bits per heavy atom. The summed E-state index contributed by atoms with van der Waals surface area (Å²) in [6.45, 7) is 4.15. The number of carbonyl (C=O) groups excluding carboxylic acids is 1. The topological polar surface area (TPSA) is 89.3 Å². The summed E-state index contributed by atoms with van der Waals surface area (Å²) < 4.78 is 7.69. The molecule has 0 bridgehead atoms. The maximum atomic E-state index is 12.7. The molecular weight excluding hydrogens is 382 g/mol. The number of anilines is 1. The average Bonchev–Trinajstić information content (AvgIpc) is 3.45. The summed E-state index contributed by atoms with van der Waals surface area (Å²) in [6.07, 6.45) is 4.18. The predicted molar refractivity (Wildman–Crippen MR) is 111 cm³/mol. The first kappa shape index (κ1) is 18.9. The Kier molecular flexibility index (Phi) is 5.27. The molecule has 2 aromatic heterocycles. The van der Waals surface area contributed by atoms with Gasteiger partial charge in [0, 0.05) is 26.2 Å². The Hall–Kier alpha value is -3.07. The van der Waals surface area contributed by atoms with Gasteiger partial charge in [0.2, 0.25) is 5.91 Å². The molecule has 5 rings (SSSR count). The smallest absolute Gasteiger partial charge is 0.227 e. The first-order valence-corrected chi connectivity index (χ1v) is 10.5. The summed E-state index contributed by atoms with van der Waals surface area (Å²) >= 11 is 0. The molecule has 0 aliphatic carbocycles. The van der Waals surface area contributed by atoms with E-state index in [1.54, 1.807) is 11.0 Å². The molecule has 4 heterocycles. The van der Waals surface area contributed by atoms with E-state index in [1.807, 2.05) is 35.2 Å². The van der Waals surface area contributed by atoms with Crippen LogP contribution in [-0.4, -0.2) is 74.7 Å². The molecule has 1 amide bonds. The molecule has 0 N–H and O–H groups in total. The molecule has 2 saturated heterocycles. The van der Waals surface area contributed by atoms with E-state index in [-0.39, 0.29) is 12.0 Å².